The van der Waals surface area contributed by atoms with E-state index >= 15 is 0 Å². The number of amides is 1. The quantitative estimate of drug-likeness (QED) is 0.649. The van der Waals surface area contributed by atoms with Crippen LogP contribution >= 0.6 is 0 Å². The van der Waals surface area contributed by atoms with E-state index in [-0.39, 0.29) is 17.0 Å². The molecule has 1 atom stereocenters. The molecule has 0 bridgehead atoms. The molecule has 1 aromatic heterocycles. The maximum atomic E-state index is 12.2. The molecule has 2 aromatic rings. The number of hydrogen-bond acceptors (Lipinski definition) is 5. The maximum Gasteiger partial charge on any atom is 0.407 e. The Labute approximate surface area is 150 Å². The number of carboxylic acid groups (broad SMARTS) is 1. The van der Waals surface area contributed by atoms with Crippen molar-refractivity contribution in [3.63, 3.8) is 0 Å². The summed E-state index contributed by atoms with van der Waals surface area (Å²) < 4.78 is 5.19. The smallest absolute Gasteiger partial charge is 0.407 e. The highest BCUT2D eigenvalue weighted by molar-refractivity contribution is 5.93. The zero-order valence-electron chi connectivity index (χ0n) is 15.2. The van der Waals surface area contributed by atoms with Gasteiger partial charge in [0.15, 0.2) is 0 Å². The minimum absolute atomic E-state index is 0.218. The molecule has 1 aromatic carbocycles. The van der Waals surface area contributed by atoms with E-state index in [9.17, 15) is 14.4 Å². The first kappa shape index (κ1) is 19.3. The molecule has 2 rings (SSSR count). The standard InChI is InChI=1S/C18H23N3O5/c1-10(21-17(25)26-18(2,3)4)8-19-11-5-6-14-12(7-11)15(22)13(9-20-14)16(23)24/h5-7,9-10,19H,8H2,1-4H3,(H,20,22)(H,21,25)(H,23,24). The monoisotopic (exact) mass is 361 g/mol. The molecule has 8 heteroatoms. The molecule has 0 saturated heterocycles. The van der Waals surface area contributed by atoms with Gasteiger partial charge in [-0.2, -0.15) is 0 Å². The van der Waals surface area contributed by atoms with E-state index in [0.717, 1.165) is 0 Å². The number of aromatic nitrogens is 1. The fourth-order valence-electron chi connectivity index (χ4n) is 2.32. The summed E-state index contributed by atoms with van der Waals surface area (Å²) in [5.41, 5.74) is -0.239. The summed E-state index contributed by atoms with van der Waals surface area (Å²) >= 11 is 0. The first-order chi connectivity index (χ1) is 12.1. The molecule has 140 valence electrons. The summed E-state index contributed by atoms with van der Waals surface area (Å²) in [6.45, 7) is 7.57. The number of hydrogen-bond donors (Lipinski definition) is 4. The number of aromatic amines is 1. The number of carbonyl (C=O) groups is 2. The molecular formula is C18H23N3O5. The maximum absolute atomic E-state index is 12.2. The minimum atomic E-state index is -1.28. The Morgan fingerprint density at radius 3 is 2.62 bits per heavy atom. The summed E-state index contributed by atoms with van der Waals surface area (Å²) in [5.74, 6) is -1.28. The molecule has 0 aliphatic carbocycles. The molecule has 0 spiro atoms. The van der Waals surface area contributed by atoms with Crippen LogP contribution in [0, 0.1) is 0 Å². The van der Waals surface area contributed by atoms with Crippen LogP contribution in [0.15, 0.2) is 29.2 Å². The van der Waals surface area contributed by atoms with Crippen molar-refractivity contribution in [1.82, 2.24) is 10.3 Å². The van der Waals surface area contributed by atoms with Crippen LogP contribution in [-0.2, 0) is 4.74 Å². The third kappa shape index (κ3) is 4.98. The topological polar surface area (TPSA) is 121 Å². The number of rotatable bonds is 5. The average Bonchev–Trinajstić information content (AvgIpc) is 2.51. The van der Waals surface area contributed by atoms with E-state index in [1.807, 2.05) is 6.92 Å². The zero-order valence-corrected chi connectivity index (χ0v) is 15.2. The van der Waals surface area contributed by atoms with Crippen LogP contribution in [0.5, 0.6) is 0 Å². The molecule has 4 N–H and O–H groups in total. The van der Waals surface area contributed by atoms with Gasteiger partial charge in [-0.1, -0.05) is 0 Å². The van der Waals surface area contributed by atoms with Gasteiger partial charge in [-0.05, 0) is 45.9 Å². The Hall–Kier alpha value is -3.03. The highest BCUT2D eigenvalue weighted by atomic mass is 16.6. The van der Waals surface area contributed by atoms with Gasteiger partial charge in [0.1, 0.15) is 11.2 Å². The third-order valence-corrected chi connectivity index (χ3v) is 3.49. The fraction of sp³-hybridized carbons (Fsp3) is 0.389. The summed E-state index contributed by atoms with van der Waals surface area (Å²) in [5, 5.41) is 15.1. The molecular weight excluding hydrogens is 338 g/mol. The van der Waals surface area contributed by atoms with Gasteiger partial charge in [-0.3, -0.25) is 4.79 Å². The SMILES string of the molecule is CC(CNc1ccc2[nH]cc(C(=O)O)c(=O)c2c1)NC(=O)OC(C)(C)C. The van der Waals surface area contributed by atoms with Crippen molar-refractivity contribution in [2.24, 2.45) is 0 Å². The van der Waals surface area contributed by atoms with Gasteiger partial charge in [-0.25, -0.2) is 9.59 Å². The van der Waals surface area contributed by atoms with Crippen molar-refractivity contribution < 1.29 is 19.4 Å². The second-order valence-electron chi connectivity index (χ2n) is 7.03. The number of benzene rings is 1. The predicted octanol–water partition coefficient (Wildman–Crippen LogP) is 2.55. The van der Waals surface area contributed by atoms with Gasteiger partial charge >= 0.3 is 12.1 Å². The third-order valence-electron chi connectivity index (χ3n) is 3.49. The van der Waals surface area contributed by atoms with Gasteiger partial charge in [0.25, 0.3) is 0 Å². The summed E-state index contributed by atoms with van der Waals surface area (Å²) in [4.78, 5) is 37.9. The number of nitrogens with one attached hydrogen (secondary N) is 3. The summed E-state index contributed by atoms with van der Waals surface area (Å²) in [6, 6.07) is 4.82. The summed E-state index contributed by atoms with van der Waals surface area (Å²) in [6.07, 6.45) is 0.681. The van der Waals surface area contributed by atoms with Crippen LogP contribution in [0.1, 0.15) is 38.1 Å². The normalized spacial score (nSPS) is 12.5. The first-order valence-electron chi connectivity index (χ1n) is 8.19. The fourth-order valence-corrected chi connectivity index (χ4v) is 2.32. The van der Waals surface area contributed by atoms with E-state index in [4.69, 9.17) is 9.84 Å². The lowest BCUT2D eigenvalue weighted by Crippen LogP contribution is -2.40. The Morgan fingerprint density at radius 2 is 2.00 bits per heavy atom. The van der Waals surface area contributed by atoms with E-state index in [1.165, 1.54) is 6.20 Å². The Balaban J connectivity index is 2.07. The lowest BCUT2D eigenvalue weighted by atomic mass is 10.1. The zero-order chi connectivity index (χ0) is 19.5. The second kappa shape index (κ2) is 7.47. The largest absolute Gasteiger partial charge is 0.477 e. The Morgan fingerprint density at radius 1 is 1.31 bits per heavy atom. The molecule has 1 heterocycles. The molecule has 0 aliphatic heterocycles. The van der Waals surface area contributed by atoms with Gasteiger partial charge in [0.2, 0.25) is 5.43 Å². The van der Waals surface area contributed by atoms with E-state index in [2.05, 4.69) is 15.6 Å². The number of alkyl carbamates (subject to hydrolysis) is 1. The Bertz CT molecular complexity index is 883. The number of anilines is 1. The van der Waals surface area contributed by atoms with Gasteiger partial charge in [0.05, 0.1) is 0 Å². The van der Waals surface area contributed by atoms with Crippen molar-refractivity contribution in [2.75, 3.05) is 11.9 Å². The van der Waals surface area contributed by atoms with Crippen LogP contribution in [0.2, 0.25) is 0 Å². The van der Waals surface area contributed by atoms with Crippen LogP contribution in [0.4, 0.5) is 10.5 Å². The number of aromatic carboxylic acids is 1. The lowest BCUT2D eigenvalue weighted by Gasteiger charge is -2.22. The second-order valence-corrected chi connectivity index (χ2v) is 7.03. The number of H-pyrrole nitrogens is 1. The molecule has 0 aliphatic rings. The number of carbonyl (C=O) groups excluding carboxylic acids is 1. The molecule has 0 fully saturated rings. The lowest BCUT2D eigenvalue weighted by molar-refractivity contribution is 0.0510. The highest BCUT2D eigenvalue weighted by Gasteiger charge is 2.17. The molecule has 0 radical (unpaired) electrons. The van der Waals surface area contributed by atoms with Crippen molar-refractivity contribution in [3.8, 4) is 0 Å². The molecule has 26 heavy (non-hydrogen) atoms. The summed E-state index contributed by atoms with van der Waals surface area (Å²) in [7, 11) is 0. The molecule has 1 unspecified atom stereocenters. The molecule has 8 nitrogen and oxygen atoms in total. The van der Waals surface area contributed by atoms with Crippen LogP contribution in [0.3, 0.4) is 0 Å². The van der Waals surface area contributed by atoms with Gasteiger partial charge in [0, 0.05) is 35.4 Å². The van der Waals surface area contributed by atoms with Crippen molar-refractivity contribution in [3.05, 3.63) is 40.2 Å². The van der Waals surface area contributed by atoms with E-state index in [0.29, 0.717) is 17.7 Å². The molecule has 0 saturated carbocycles. The number of ether oxygens (including phenoxy) is 1. The molecule has 1 amide bonds. The number of pyridine rings is 1. The van der Waals surface area contributed by atoms with Crippen molar-refractivity contribution in [2.45, 2.75) is 39.3 Å². The van der Waals surface area contributed by atoms with Crippen molar-refractivity contribution in [1.29, 1.82) is 0 Å². The Kier molecular flexibility index (Phi) is 5.54. The van der Waals surface area contributed by atoms with E-state index < -0.39 is 23.1 Å². The minimum Gasteiger partial charge on any atom is -0.477 e. The van der Waals surface area contributed by atoms with Crippen LogP contribution in [0.25, 0.3) is 10.9 Å². The average molecular weight is 361 g/mol. The van der Waals surface area contributed by atoms with Gasteiger partial charge < -0.3 is 25.5 Å². The number of carboxylic acids is 1. The first-order valence-corrected chi connectivity index (χ1v) is 8.19. The predicted molar refractivity (Wildman–Crippen MR) is 98.8 cm³/mol. The highest BCUT2D eigenvalue weighted by Crippen LogP contribution is 2.15. The van der Waals surface area contributed by atoms with Crippen LogP contribution in [-0.4, -0.2) is 40.3 Å². The van der Waals surface area contributed by atoms with E-state index in [1.54, 1.807) is 39.0 Å². The van der Waals surface area contributed by atoms with Gasteiger partial charge in [-0.15, -0.1) is 0 Å². The van der Waals surface area contributed by atoms with Crippen LogP contribution < -0.4 is 16.1 Å². The number of fused-ring (bicyclic) bond motifs is 1. The van der Waals surface area contributed by atoms with Crippen molar-refractivity contribution >= 4 is 28.7 Å².